The third-order valence-corrected chi connectivity index (χ3v) is 9.68. The van der Waals surface area contributed by atoms with Crippen molar-refractivity contribution in [3.63, 3.8) is 0 Å². The number of fused-ring (bicyclic) bond motifs is 1. The number of hydrogen-bond acceptors (Lipinski definition) is 4. The highest BCUT2D eigenvalue weighted by atomic mass is 35.5. The van der Waals surface area contributed by atoms with Crippen molar-refractivity contribution in [2.24, 2.45) is 16.9 Å². The minimum absolute atomic E-state index is 0.120. The molecule has 1 N–H and O–H groups in total. The van der Waals surface area contributed by atoms with Crippen LogP contribution >= 0.6 is 11.6 Å². The summed E-state index contributed by atoms with van der Waals surface area (Å²) in [4.78, 5) is 43.6. The van der Waals surface area contributed by atoms with Crippen LogP contribution < -0.4 is 10.3 Å². The van der Waals surface area contributed by atoms with Crippen LogP contribution in [0.5, 0.6) is 0 Å². The van der Waals surface area contributed by atoms with Crippen LogP contribution in [0.3, 0.4) is 0 Å². The van der Waals surface area contributed by atoms with Crippen LogP contribution in [-0.2, 0) is 26.2 Å². The molecule has 3 aliphatic carbocycles. The van der Waals surface area contributed by atoms with Gasteiger partial charge in [-0.25, -0.2) is 10.3 Å². The average molecular weight is 596 g/mol. The Hall–Kier alpha value is -5.07. The van der Waals surface area contributed by atoms with E-state index < -0.39 is 17.3 Å². The predicted octanol–water partition coefficient (Wildman–Crippen LogP) is 6.39. The van der Waals surface area contributed by atoms with Gasteiger partial charge >= 0.3 is 0 Å². The van der Waals surface area contributed by atoms with Crippen molar-refractivity contribution >= 4 is 52.0 Å². The van der Waals surface area contributed by atoms with Crippen LogP contribution in [-0.4, -0.2) is 23.9 Å². The number of nitrogens with zero attached hydrogens (tertiary/aromatic N) is 2. The van der Waals surface area contributed by atoms with Crippen molar-refractivity contribution in [3.8, 4) is 0 Å². The van der Waals surface area contributed by atoms with Crippen molar-refractivity contribution in [2.75, 3.05) is 4.90 Å². The SMILES string of the molecule is O=C(Cc1ccc(Cl)cc1)N/N=C\C12c3ccccc3C(c3ccccc31)[C@@H]1C(=O)N(c3cccc4ccccc34)C(=O)[C@@H]12. The van der Waals surface area contributed by atoms with E-state index in [1.165, 1.54) is 4.90 Å². The summed E-state index contributed by atoms with van der Waals surface area (Å²) in [6, 6.07) is 36.6. The molecule has 2 bridgehead atoms. The lowest BCUT2D eigenvalue weighted by molar-refractivity contribution is -0.123. The molecule has 0 radical (unpaired) electrons. The Bertz CT molecular complexity index is 1980. The minimum Gasteiger partial charge on any atom is -0.274 e. The molecule has 1 aliphatic heterocycles. The van der Waals surface area contributed by atoms with Crippen molar-refractivity contribution in [1.29, 1.82) is 0 Å². The Kier molecular flexibility index (Phi) is 6.03. The van der Waals surface area contributed by atoms with Crippen LogP contribution in [0.4, 0.5) is 5.69 Å². The highest BCUT2D eigenvalue weighted by Gasteiger charge is 2.68. The van der Waals surface area contributed by atoms with E-state index in [-0.39, 0.29) is 30.1 Å². The summed E-state index contributed by atoms with van der Waals surface area (Å²) in [5.41, 5.74) is 6.89. The van der Waals surface area contributed by atoms with Crippen LogP contribution in [0.2, 0.25) is 5.02 Å². The maximum atomic E-state index is 14.7. The maximum Gasteiger partial charge on any atom is 0.244 e. The Morgan fingerprint density at radius 2 is 1.43 bits per heavy atom. The number of hydrazone groups is 1. The second kappa shape index (κ2) is 10.00. The molecule has 1 heterocycles. The number of amides is 3. The van der Waals surface area contributed by atoms with Gasteiger partial charge in [-0.1, -0.05) is 109 Å². The van der Waals surface area contributed by atoms with Gasteiger partial charge in [0.2, 0.25) is 17.7 Å². The summed E-state index contributed by atoms with van der Waals surface area (Å²) in [6.45, 7) is 0. The fraction of sp³-hybridized carbons (Fsp3) is 0.135. The summed E-state index contributed by atoms with van der Waals surface area (Å²) in [5, 5.41) is 6.90. The second-order valence-corrected chi connectivity index (χ2v) is 12.1. The Balaban J connectivity index is 1.26. The van der Waals surface area contributed by atoms with E-state index in [0.717, 1.165) is 38.6 Å². The Morgan fingerprint density at radius 1 is 0.795 bits per heavy atom. The zero-order valence-electron chi connectivity index (χ0n) is 23.5. The van der Waals surface area contributed by atoms with Gasteiger partial charge < -0.3 is 0 Å². The number of carbonyl (C=O) groups excluding carboxylic acids is 3. The molecule has 5 aromatic carbocycles. The number of rotatable bonds is 5. The van der Waals surface area contributed by atoms with Crippen molar-refractivity contribution in [1.82, 2.24) is 5.43 Å². The molecule has 3 amide bonds. The number of benzene rings is 5. The normalized spacial score (nSPS) is 23.1. The van der Waals surface area contributed by atoms with Gasteiger partial charge in [-0.2, -0.15) is 5.10 Å². The second-order valence-electron chi connectivity index (χ2n) is 11.6. The summed E-state index contributed by atoms with van der Waals surface area (Å²) >= 11 is 6.00. The quantitative estimate of drug-likeness (QED) is 0.145. The molecule has 4 aliphatic rings. The first-order valence-corrected chi connectivity index (χ1v) is 15.0. The molecular formula is C37H26ClN3O3. The highest BCUT2D eigenvalue weighted by Crippen LogP contribution is 2.63. The molecule has 6 nitrogen and oxygen atoms in total. The summed E-state index contributed by atoms with van der Waals surface area (Å²) in [5.74, 6) is -2.41. The highest BCUT2D eigenvalue weighted by molar-refractivity contribution is 6.30. The molecule has 1 fully saturated rings. The molecule has 0 saturated carbocycles. The third kappa shape index (κ3) is 3.74. The molecule has 9 rings (SSSR count). The van der Waals surface area contributed by atoms with Crippen molar-refractivity contribution in [2.45, 2.75) is 17.8 Å². The van der Waals surface area contributed by atoms with Gasteiger partial charge in [-0.05, 0) is 51.4 Å². The Morgan fingerprint density at radius 3 is 2.16 bits per heavy atom. The standard InChI is InChI=1S/C37H26ClN3O3/c38-24-18-16-22(17-19-24)20-31(42)40-39-21-37-28-13-5-3-11-26(28)32(27-12-4-6-14-29(27)37)33-34(37)36(44)41(35(33)43)30-15-7-9-23-8-1-2-10-25(23)30/h1-19,21,32-34H,20H2,(H,40,42)/b39-21-/t32?,33-,34+,37?/m0/s1. The number of nitrogens with one attached hydrogen (secondary N) is 1. The molecule has 7 heteroatoms. The fourth-order valence-electron chi connectivity index (χ4n) is 7.72. The number of carbonyl (C=O) groups is 3. The number of anilines is 1. The molecule has 44 heavy (non-hydrogen) atoms. The molecule has 0 spiro atoms. The molecular weight excluding hydrogens is 570 g/mol. The number of halogens is 1. The molecule has 2 atom stereocenters. The van der Waals surface area contributed by atoms with E-state index in [9.17, 15) is 14.4 Å². The largest absolute Gasteiger partial charge is 0.274 e. The first kappa shape index (κ1) is 26.5. The lowest BCUT2D eigenvalue weighted by Crippen LogP contribution is -2.54. The van der Waals surface area contributed by atoms with Crippen molar-refractivity contribution < 1.29 is 14.4 Å². The summed E-state index contributed by atoms with van der Waals surface area (Å²) in [7, 11) is 0. The average Bonchev–Trinajstić information content (AvgIpc) is 3.32. The van der Waals surface area contributed by atoms with E-state index in [0.29, 0.717) is 10.7 Å². The van der Waals surface area contributed by atoms with Crippen LogP contribution in [0.1, 0.15) is 33.7 Å². The van der Waals surface area contributed by atoms with Gasteiger partial charge in [0, 0.05) is 22.5 Å². The zero-order valence-corrected chi connectivity index (χ0v) is 24.2. The Labute approximate surface area is 259 Å². The van der Waals surface area contributed by atoms with Gasteiger partial charge in [-0.3, -0.25) is 14.4 Å². The van der Waals surface area contributed by atoms with Gasteiger partial charge in [0.25, 0.3) is 0 Å². The maximum absolute atomic E-state index is 14.7. The number of imide groups is 1. The van der Waals surface area contributed by atoms with E-state index in [2.05, 4.69) is 10.5 Å². The van der Waals surface area contributed by atoms with Gasteiger partial charge in [0.05, 0.1) is 29.4 Å². The number of hydrogen-bond donors (Lipinski definition) is 1. The molecule has 214 valence electrons. The smallest absolute Gasteiger partial charge is 0.244 e. The molecule has 0 aromatic heterocycles. The fourth-order valence-corrected chi connectivity index (χ4v) is 7.85. The zero-order chi connectivity index (χ0) is 30.0. The van der Waals surface area contributed by atoms with Crippen LogP contribution in [0.15, 0.2) is 120 Å². The third-order valence-electron chi connectivity index (χ3n) is 9.43. The lowest BCUT2D eigenvalue weighted by atomic mass is 9.47. The van der Waals surface area contributed by atoms with E-state index in [1.54, 1.807) is 30.5 Å². The van der Waals surface area contributed by atoms with Gasteiger partial charge in [0.1, 0.15) is 0 Å². The minimum atomic E-state index is -1.06. The summed E-state index contributed by atoms with van der Waals surface area (Å²) in [6.07, 6.45) is 1.81. The molecule has 1 saturated heterocycles. The van der Waals surface area contributed by atoms with Crippen molar-refractivity contribution in [3.05, 3.63) is 148 Å². The lowest BCUT2D eigenvalue weighted by Gasteiger charge is -2.52. The van der Waals surface area contributed by atoms with E-state index in [4.69, 9.17) is 11.6 Å². The molecule has 0 unspecified atom stereocenters. The first-order chi connectivity index (χ1) is 21.5. The van der Waals surface area contributed by atoms with Gasteiger partial charge in [-0.15, -0.1) is 0 Å². The topological polar surface area (TPSA) is 78.8 Å². The van der Waals surface area contributed by atoms with Gasteiger partial charge in [0.15, 0.2) is 0 Å². The van der Waals surface area contributed by atoms with E-state index in [1.807, 2.05) is 91.0 Å². The first-order valence-electron chi connectivity index (χ1n) is 14.6. The van der Waals surface area contributed by atoms with Crippen LogP contribution in [0.25, 0.3) is 10.8 Å². The summed E-state index contributed by atoms with van der Waals surface area (Å²) < 4.78 is 0. The van der Waals surface area contributed by atoms with E-state index >= 15 is 0 Å². The molecule has 5 aromatic rings. The predicted molar refractivity (Wildman–Crippen MR) is 171 cm³/mol. The van der Waals surface area contributed by atoms with Crippen LogP contribution in [0, 0.1) is 11.8 Å². The monoisotopic (exact) mass is 595 g/mol.